The fraction of sp³-hybridized carbons (Fsp3) is 0.684. The van der Waals surface area contributed by atoms with E-state index in [1.807, 2.05) is 0 Å². The number of benzene rings is 1. The van der Waals surface area contributed by atoms with Gasteiger partial charge in [0, 0.05) is 5.56 Å². The lowest BCUT2D eigenvalue weighted by Gasteiger charge is -2.32. The van der Waals surface area contributed by atoms with Gasteiger partial charge in [-0.3, -0.25) is 0 Å². The van der Waals surface area contributed by atoms with Gasteiger partial charge in [0.15, 0.2) is 6.29 Å². The third-order valence-electron chi connectivity index (χ3n) is 5.14. The summed E-state index contributed by atoms with van der Waals surface area (Å²) >= 11 is 0. The minimum absolute atomic E-state index is 0.130. The largest absolute Gasteiger partial charge is 0.346 e. The molecular formula is C19H28O2. The topological polar surface area (TPSA) is 18.5 Å². The molecule has 0 spiro atoms. The molecule has 2 heteroatoms. The molecule has 0 N–H and O–H groups in total. The van der Waals surface area contributed by atoms with Gasteiger partial charge in [0.2, 0.25) is 0 Å². The molecule has 3 rings (SSSR count). The Morgan fingerprint density at radius 1 is 1.00 bits per heavy atom. The van der Waals surface area contributed by atoms with Crippen molar-refractivity contribution in [2.75, 3.05) is 13.2 Å². The summed E-state index contributed by atoms with van der Waals surface area (Å²) in [6.07, 6.45) is 9.43. The first-order valence-corrected chi connectivity index (χ1v) is 8.69. The molecule has 1 aliphatic heterocycles. The summed E-state index contributed by atoms with van der Waals surface area (Å²) in [7, 11) is 0. The van der Waals surface area contributed by atoms with E-state index in [4.69, 9.17) is 9.47 Å². The summed E-state index contributed by atoms with van der Waals surface area (Å²) in [5, 5.41) is 0. The van der Waals surface area contributed by atoms with Crippen molar-refractivity contribution < 1.29 is 9.47 Å². The van der Waals surface area contributed by atoms with Gasteiger partial charge < -0.3 is 9.47 Å². The number of rotatable bonds is 5. The van der Waals surface area contributed by atoms with Crippen LogP contribution in [0.4, 0.5) is 0 Å². The van der Waals surface area contributed by atoms with Gasteiger partial charge >= 0.3 is 0 Å². The third kappa shape index (κ3) is 3.67. The predicted octanol–water partition coefficient (Wildman–Crippen LogP) is 4.88. The van der Waals surface area contributed by atoms with Crippen molar-refractivity contribution >= 4 is 0 Å². The zero-order valence-corrected chi connectivity index (χ0v) is 13.2. The molecular weight excluding hydrogens is 260 g/mol. The summed E-state index contributed by atoms with van der Waals surface area (Å²) in [6.45, 7) is 3.77. The van der Waals surface area contributed by atoms with Gasteiger partial charge in [-0.05, 0) is 30.2 Å². The van der Waals surface area contributed by atoms with E-state index < -0.39 is 0 Å². The van der Waals surface area contributed by atoms with E-state index in [1.54, 1.807) is 0 Å². The highest BCUT2D eigenvalue weighted by Gasteiger charge is 2.27. The van der Waals surface area contributed by atoms with Gasteiger partial charge in [0.05, 0.1) is 13.2 Å². The van der Waals surface area contributed by atoms with Gasteiger partial charge in [0.1, 0.15) is 0 Å². The van der Waals surface area contributed by atoms with Crippen LogP contribution < -0.4 is 0 Å². The van der Waals surface area contributed by atoms with Crippen LogP contribution in [-0.2, 0) is 15.9 Å². The van der Waals surface area contributed by atoms with Crippen LogP contribution in [-0.4, -0.2) is 13.2 Å². The average Bonchev–Trinajstić information content (AvgIpc) is 3.04. The molecule has 0 radical (unpaired) electrons. The molecule has 0 aromatic heterocycles. The fourth-order valence-corrected chi connectivity index (χ4v) is 4.07. The molecule has 2 aliphatic rings. The first-order valence-electron chi connectivity index (χ1n) is 8.69. The van der Waals surface area contributed by atoms with Crippen LogP contribution >= 0.6 is 0 Å². The Labute approximate surface area is 128 Å². The van der Waals surface area contributed by atoms with E-state index >= 15 is 0 Å². The van der Waals surface area contributed by atoms with E-state index in [0.29, 0.717) is 0 Å². The Morgan fingerprint density at radius 2 is 1.71 bits per heavy atom. The first kappa shape index (κ1) is 15.1. The van der Waals surface area contributed by atoms with E-state index in [1.165, 1.54) is 56.1 Å². The summed E-state index contributed by atoms with van der Waals surface area (Å²) < 4.78 is 11.4. The summed E-state index contributed by atoms with van der Waals surface area (Å²) in [5.41, 5.74) is 2.70. The lowest BCUT2D eigenvalue weighted by atomic mass is 9.74. The highest BCUT2D eigenvalue weighted by molar-refractivity contribution is 5.29. The number of ether oxygens (including phenoxy) is 2. The predicted molar refractivity (Wildman–Crippen MR) is 85.1 cm³/mol. The van der Waals surface area contributed by atoms with Crippen molar-refractivity contribution in [3.05, 3.63) is 35.4 Å². The molecule has 2 atom stereocenters. The Bertz CT molecular complexity index is 435. The van der Waals surface area contributed by atoms with Crippen LogP contribution in [0.5, 0.6) is 0 Å². The van der Waals surface area contributed by atoms with E-state index in [2.05, 4.69) is 31.2 Å². The third-order valence-corrected chi connectivity index (χ3v) is 5.14. The zero-order chi connectivity index (χ0) is 14.5. The Balaban J connectivity index is 1.73. The molecule has 0 bridgehead atoms. The Morgan fingerprint density at radius 3 is 2.48 bits per heavy atom. The van der Waals surface area contributed by atoms with Gasteiger partial charge in [-0.25, -0.2) is 0 Å². The normalized spacial score (nSPS) is 27.1. The second-order valence-corrected chi connectivity index (χ2v) is 6.57. The maximum absolute atomic E-state index is 5.72. The van der Waals surface area contributed by atoms with Gasteiger partial charge in [-0.2, -0.15) is 0 Å². The fourth-order valence-electron chi connectivity index (χ4n) is 4.07. The van der Waals surface area contributed by atoms with Gasteiger partial charge in [-0.15, -0.1) is 0 Å². The smallest absolute Gasteiger partial charge is 0.184 e. The first-order chi connectivity index (χ1) is 10.4. The SMILES string of the molecule is CCCC1CCCCC1Cc1ccccc1C1OCCO1. The van der Waals surface area contributed by atoms with Gasteiger partial charge in [0.25, 0.3) is 0 Å². The van der Waals surface area contributed by atoms with Crippen LogP contribution in [0.1, 0.15) is 62.9 Å². The monoisotopic (exact) mass is 288 g/mol. The molecule has 1 saturated heterocycles. The van der Waals surface area contributed by atoms with Crippen molar-refractivity contribution in [2.45, 2.75) is 58.2 Å². The van der Waals surface area contributed by atoms with E-state index in [9.17, 15) is 0 Å². The molecule has 116 valence electrons. The molecule has 1 aliphatic carbocycles. The van der Waals surface area contributed by atoms with Crippen molar-refractivity contribution in [1.29, 1.82) is 0 Å². The minimum atomic E-state index is -0.130. The van der Waals surface area contributed by atoms with Crippen LogP contribution in [0, 0.1) is 11.8 Å². The molecule has 2 unspecified atom stereocenters. The maximum atomic E-state index is 5.72. The standard InChI is InChI=1S/C19H28O2/c1-2-7-15-8-3-4-9-16(15)14-17-10-5-6-11-18(17)19-20-12-13-21-19/h5-6,10-11,15-16,19H,2-4,7-9,12-14H2,1H3. The molecule has 21 heavy (non-hydrogen) atoms. The second-order valence-electron chi connectivity index (χ2n) is 6.57. The summed E-state index contributed by atoms with van der Waals surface area (Å²) in [6, 6.07) is 8.72. The number of hydrogen-bond donors (Lipinski definition) is 0. The minimum Gasteiger partial charge on any atom is -0.346 e. The van der Waals surface area contributed by atoms with Crippen LogP contribution in [0.3, 0.4) is 0 Å². The molecule has 1 aromatic carbocycles. The molecule has 2 fully saturated rings. The van der Waals surface area contributed by atoms with E-state index in [-0.39, 0.29) is 6.29 Å². The maximum Gasteiger partial charge on any atom is 0.184 e. The van der Waals surface area contributed by atoms with Crippen molar-refractivity contribution in [2.24, 2.45) is 11.8 Å². The van der Waals surface area contributed by atoms with Crippen LogP contribution in [0.25, 0.3) is 0 Å². The number of hydrogen-bond acceptors (Lipinski definition) is 2. The summed E-state index contributed by atoms with van der Waals surface area (Å²) in [4.78, 5) is 0. The molecule has 1 saturated carbocycles. The Hall–Kier alpha value is -0.860. The zero-order valence-electron chi connectivity index (χ0n) is 13.2. The van der Waals surface area contributed by atoms with Crippen LogP contribution in [0.15, 0.2) is 24.3 Å². The quantitative estimate of drug-likeness (QED) is 0.768. The average molecular weight is 288 g/mol. The van der Waals surface area contributed by atoms with Crippen molar-refractivity contribution in [3.63, 3.8) is 0 Å². The molecule has 1 aromatic rings. The lowest BCUT2D eigenvalue weighted by Crippen LogP contribution is -2.22. The molecule has 2 nitrogen and oxygen atoms in total. The Kier molecular flexibility index (Phi) is 5.32. The van der Waals surface area contributed by atoms with Crippen molar-refractivity contribution in [1.82, 2.24) is 0 Å². The van der Waals surface area contributed by atoms with Crippen LogP contribution in [0.2, 0.25) is 0 Å². The highest BCUT2D eigenvalue weighted by atomic mass is 16.7. The second kappa shape index (κ2) is 7.42. The molecule has 1 heterocycles. The van der Waals surface area contributed by atoms with Crippen molar-refractivity contribution in [3.8, 4) is 0 Å². The summed E-state index contributed by atoms with van der Waals surface area (Å²) in [5.74, 6) is 1.77. The highest BCUT2D eigenvalue weighted by Crippen LogP contribution is 2.37. The lowest BCUT2D eigenvalue weighted by molar-refractivity contribution is -0.0449. The van der Waals surface area contributed by atoms with Gasteiger partial charge in [-0.1, -0.05) is 63.3 Å². The van der Waals surface area contributed by atoms with E-state index in [0.717, 1.165) is 25.0 Å². The molecule has 0 amide bonds.